The molecule has 0 spiro atoms. The second-order valence-electron chi connectivity index (χ2n) is 3.63. The summed E-state index contributed by atoms with van der Waals surface area (Å²) >= 11 is 0. The first-order valence-electron chi connectivity index (χ1n) is 5.38. The van der Waals surface area contributed by atoms with Crippen LogP contribution in [0.4, 0.5) is 0 Å². The minimum atomic E-state index is -0.329. The number of carbonyl (C=O) groups excluding carboxylic acids is 2. The number of piperazine rings is 1. The minimum Gasteiger partial charge on any atom is -0.396 e. The van der Waals surface area contributed by atoms with Gasteiger partial charge in [-0.15, -0.1) is 0 Å². The molecule has 0 radical (unpaired) electrons. The molecule has 1 heterocycles. The number of amides is 2. The van der Waals surface area contributed by atoms with E-state index in [9.17, 15) is 9.59 Å². The SMILES string of the molecule is CCC1C(=O)NCCN1C(=O)CCCO. The number of hydrogen-bond acceptors (Lipinski definition) is 3. The average molecular weight is 214 g/mol. The van der Waals surface area contributed by atoms with Crippen LogP contribution in [0.2, 0.25) is 0 Å². The maximum absolute atomic E-state index is 11.7. The minimum absolute atomic E-state index is 0.0164. The van der Waals surface area contributed by atoms with Crippen LogP contribution in [-0.4, -0.2) is 47.6 Å². The van der Waals surface area contributed by atoms with E-state index in [1.165, 1.54) is 0 Å². The van der Waals surface area contributed by atoms with E-state index in [1.807, 2.05) is 6.92 Å². The largest absolute Gasteiger partial charge is 0.396 e. The fourth-order valence-corrected chi connectivity index (χ4v) is 1.79. The van der Waals surface area contributed by atoms with Crippen LogP contribution in [0.15, 0.2) is 0 Å². The summed E-state index contributed by atoms with van der Waals surface area (Å²) < 4.78 is 0. The fourth-order valence-electron chi connectivity index (χ4n) is 1.79. The Balaban J connectivity index is 2.57. The number of nitrogens with zero attached hydrogens (tertiary/aromatic N) is 1. The van der Waals surface area contributed by atoms with E-state index in [4.69, 9.17) is 5.11 Å². The van der Waals surface area contributed by atoms with E-state index in [-0.39, 0.29) is 24.5 Å². The summed E-state index contributed by atoms with van der Waals surface area (Å²) in [7, 11) is 0. The molecule has 0 aliphatic carbocycles. The molecule has 2 N–H and O–H groups in total. The Morgan fingerprint density at radius 1 is 1.67 bits per heavy atom. The Kier molecular flexibility index (Phi) is 4.55. The Labute approximate surface area is 89.4 Å². The first-order valence-corrected chi connectivity index (χ1v) is 5.38. The second kappa shape index (κ2) is 5.70. The van der Waals surface area contributed by atoms with E-state index in [0.717, 1.165) is 0 Å². The van der Waals surface area contributed by atoms with Crippen molar-refractivity contribution in [2.45, 2.75) is 32.2 Å². The first-order chi connectivity index (χ1) is 7.20. The number of aliphatic hydroxyl groups is 1. The van der Waals surface area contributed by atoms with Crippen molar-refractivity contribution in [1.82, 2.24) is 10.2 Å². The molecule has 1 rings (SSSR count). The molecule has 5 heteroatoms. The number of nitrogens with one attached hydrogen (secondary N) is 1. The van der Waals surface area contributed by atoms with E-state index >= 15 is 0 Å². The van der Waals surface area contributed by atoms with Gasteiger partial charge in [0.15, 0.2) is 0 Å². The van der Waals surface area contributed by atoms with Gasteiger partial charge in [-0.25, -0.2) is 0 Å². The van der Waals surface area contributed by atoms with Crippen molar-refractivity contribution in [3.63, 3.8) is 0 Å². The highest BCUT2D eigenvalue weighted by atomic mass is 16.3. The molecule has 1 aliphatic rings. The third-order valence-corrected chi connectivity index (χ3v) is 2.59. The van der Waals surface area contributed by atoms with E-state index < -0.39 is 0 Å². The van der Waals surface area contributed by atoms with Gasteiger partial charge < -0.3 is 15.3 Å². The van der Waals surface area contributed by atoms with Crippen LogP contribution in [0, 0.1) is 0 Å². The predicted molar refractivity (Wildman–Crippen MR) is 55.1 cm³/mol. The highest BCUT2D eigenvalue weighted by molar-refractivity contribution is 5.88. The van der Waals surface area contributed by atoms with Gasteiger partial charge in [-0.2, -0.15) is 0 Å². The summed E-state index contributed by atoms with van der Waals surface area (Å²) in [6.07, 6.45) is 1.42. The van der Waals surface area contributed by atoms with Crippen molar-refractivity contribution in [3.05, 3.63) is 0 Å². The van der Waals surface area contributed by atoms with Crippen LogP contribution in [0.1, 0.15) is 26.2 Å². The molecule has 1 atom stereocenters. The topological polar surface area (TPSA) is 69.6 Å². The van der Waals surface area contributed by atoms with E-state index in [2.05, 4.69) is 5.32 Å². The lowest BCUT2D eigenvalue weighted by atomic mass is 10.1. The predicted octanol–water partition coefficient (Wildman–Crippen LogP) is -0.504. The van der Waals surface area contributed by atoms with Crippen LogP contribution >= 0.6 is 0 Å². The van der Waals surface area contributed by atoms with Gasteiger partial charge in [-0.1, -0.05) is 6.92 Å². The van der Waals surface area contributed by atoms with Crippen LogP contribution in [0.3, 0.4) is 0 Å². The Hall–Kier alpha value is -1.10. The molecular weight excluding hydrogens is 196 g/mol. The second-order valence-corrected chi connectivity index (χ2v) is 3.63. The Morgan fingerprint density at radius 3 is 3.00 bits per heavy atom. The lowest BCUT2D eigenvalue weighted by Crippen LogP contribution is -2.56. The maximum Gasteiger partial charge on any atom is 0.242 e. The summed E-state index contributed by atoms with van der Waals surface area (Å²) in [6, 6.07) is -0.329. The summed E-state index contributed by atoms with van der Waals surface area (Å²) in [5.74, 6) is -0.105. The molecule has 1 fully saturated rings. The zero-order valence-corrected chi connectivity index (χ0v) is 9.03. The smallest absolute Gasteiger partial charge is 0.242 e. The molecule has 0 aromatic carbocycles. The molecule has 1 saturated heterocycles. The van der Waals surface area contributed by atoms with E-state index in [1.54, 1.807) is 4.90 Å². The van der Waals surface area contributed by atoms with Crippen LogP contribution in [0.25, 0.3) is 0 Å². The van der Waals surface area contributed by atoms with Crippen molar-refractivity contribution in [1.29, 1.82) is 0 Å². The maximum atomic E-state index is 11.7. The van der Waals surface area contributed by atoms with E-state index in [0.29, 0.717) is 32.4 Å². The van der Waals surface area contributed by atoms with Crippen molar-refractivity contribution in [2.75, 3.05) is 19.7 Å². The number of aliphatic hydroxyl groups excluding tert-OH is 1. The number of hydrogen-bond donors (Lipinski definition) is 2. The highest BCUT2D eigenvalue weighted by Crippen LogP contribution is 2.10. The molecule has 15 heavy (non-hydrogen) atoms. The fraction of sp³-hybridized carbons (Fsp3) is 0.800. The third-order valence-electron chi connectivity index (χ3n) is 2.59. The molecule has 86 valence electrons. The van der Waals surface area contributed by atoms with Crippen LogP contribution < -0.4 is 5.32 Å². The van der Waals surface area contributed by atoms with Gasteiger partial charge in [0.25, 0.3) is 0 Å². The number of carbonyl (C=O) groups is 2. The molecule has 0 aromatic heterocycles. The van der Waals surface area contributed by atoms with Gasteiger partial charge in [0.2, 0.25) is 11.8 Å². The van der Waals surface area contributed by atoms with Gasteiger partial charge in [0.05, 0.1) is 0 Å². The Bertz CT molecular complexity index is 243. The number of rotatable bonds is 4. The van der Waals surface area contributed by atoms with Crippen molar-refractivity contribution < 1.29 is 14.7 Å². The van der Waals surface area contributed by atoms with Gasteiger partial charge in [-0.05, 0) is 12.8 Å². The molecule has 2 amide bonds. The molecule has 0 saturated carbocycles. The first kappa shape index (κ1) is 12.0. The van der Waals surface area contributed by atoms with Gasteiger partial charge in [-0.3, -0.25) is 9.59 Å². The molecular formula is C10H18N2O3. The van der Waals surface area contributed by atoms with Crippen molar-refractivity contribution >= 4 is 11.8 Å². The van der Waals surface area contributed by atoms with Gasteiger partial charge >= 0.3 is 0 Å². The lowest BCUT2D eigenvalue weighted by molar-refractivity contribution is -0.143. The van der Waals surface area contributed by atoms with Gasteiger partial charge in [0.1, 0.15) is 6.04 Å². The average Bonchev–Trinajstić information content (AvgIpc) is 2.25. The molecule has 1 aliphatic heterocycles. The van der Waals surface area contributed by atoms with Crippen LogP contribution in [-0.2, 0) is 9.59 Å². The molecule has 5 nitrogen and oxygen atoms in total. The summed E-state index contributed by atoms with van der Waals surface area (Å²) in [5.41, 5.74) is 0. The zero-order valence-electron chi connectivity index (χ0n) is 9.03. The Morgan fingerprint density at radius 2 is 2.40 bits per heavy atom. The standard InChI is InChI=1S/C10H18N2O3/c1-2-8-10(15)11-5-6-12(8)9(14)4-3-7-13/h8,13H,2-7H2,1H3,(H,11,15). The lowest BCUT2D eigenvalue weighted by Gasteiger charge is -2.34. The molecule has 0 aromatic rings. The summed E-state index contributed by atoms with van der Waals surface area (Å²) in [6.45, 7) is 3.01. The summed E-state index contributed by atoms with van der Waals surface area (Å²) in [4.78, 5) is 24.8. The third kappa shape index (κ3) is 2.92. The quantitative estimate of drug-likeness (QED) is 0.662. The normalized spacial score (nSPS) is 21.3. The van der Waals surface area contributed by atoms with Gasteiger partial charge in [0, 0.05) is 26.1 Å². The molecule has 0 bridgehead atoms. The highest BCUT2D eigenvalue weighted by Gasteiger charge is 2.30. The monoisotopic (exact) mass is 214 g/mol. The molecule has 1 unspecified atom stereocenters. The van der Waals surface area contributed by atoms with Crippen LogP contribution in [0.5, 0.6) is 0 Å². The van der Waals surface area contributed by atoms with Crippen molar-refractivity contribution in [3.8, 4) is 0 Å². The zero-order chi connectivity index (χ0) is 11.3. The van der Waals surface area contributed by atoms with Crippen molar-refractivity contribution in [2.24, 2.45) is 0 Å². The summed E-state index contributed by atoms with van der Waals surface area (Å²) in [5, 5.41) is 11.4.